The van der Waals surface area contributed by atoms with E-state index < -0.39 is 5.97 Å². The molecule has 0 bridgehead atoms. The lowest BCUT2D eigenvalue weighted by molar-refractivity contribution is -0.113. The van der Waals surface area contributed by atoms with Crippen LogP contribution >= 0.6 is 39.0 Å². The Balaban J connectivity index is 1.52. The van der Waals surface area contributed by atoms with Crippen molar-refractivity contribution in [2.75, 3.05) is 17.7 Å². The molecule has 0 saturated carbocycles. The fourth-order valence-electron chi connectivity index (χ4n) is 3.42. The second-order valence-corrected chi connectivity index (χ2v) is 10.3. The Morgan fingerprint density at radius 3 is 2.63 bits per heavy atom. The molecule has 0 unspecified atom stereocenters. The highest BCUT2D eigenvalue weighted by atomic mass is 79.9. The first-order chi connectivity index (χ1) is 16.9. The second kappa shape index (κ2) is 11.2. The number of halogens is 1. The maximum Gasteiger partial charge on any atom is 0.341 e. The Kier molecular flexibility index (Phi) is 8.09. The van der Waals surface area contributed by atoms with Gasteiger partial charge < -0.3 is 14.5 Å². The molecule has 0 aliphatic rings. The summed E-state index contributed by atoms with van der Waals surface area (Å²) in [5.41, 5.74) is 1.96. The smallest absolute Gasteiger partial charge is 0.341 e. The number of thioether (sulfide) groups is 1. The molecule has 1 N–H and O–H groups in total. The van der Waals surface area contributed by atoms with E-state index in [4.69, 9.17) is 9.15 Å². The summed E-state index contributed by atoms with van der Waals surface area (Å²) in [6.07, 6.45) is 0. The van der Waals surface area contributed by atoms with E-state index in [1.54, 1.807) is 13.0 Å². The third kappa shape index (κ3) is 5.68. The number of nitrogens with one attached hydrogen (secondary N) is 1. The Morgan fingerprint density at radius 2 is 1.97 bits per heavy atom. The number of amides is 1. The average molecular weight is 576 g/mol. The van der Waals surface area contributed by atoms with Crippen molar-refractivity contribution in [2.24, 2.45) is 0 Å². The highest BCUT2D eigenvalue weighted by molar-refractivity contribution is 9.10. The normalized spacial score (nSPS) is 11.1. The lowest BCUT2D eigenvalue weighted by Crippen LogP contribution is -2.17. The number of benzene rings is 1. The topological polar surface area (TPSA) is 99.2 Å². The average Bonchev–Trinajstić information content (AvgIpc) is 3.56. The van der Waals surface area contributed by atoms with Crippen molar-refractivity contribution < 1.29 is 18.7 Å². The number of esters is 1. The zero-order valence-electron chi connectivity index (χ0n) is 19.3. The van der Waals surface area contributed by atoms with E-state index in [9.17, 15) is 9.59 Å². The summed E-state index contributed by atoms with van der Waals surface area (Å²) < 4.78 is 13.4. The molecule has 4 aromatic rings. The van der Waals surface area contributed by atoms with Gasteiger partial charge in [0.25, 0.3) is 0 Å². The van der Waals surface area contributed by atoms with Crippen LogP contribution < -0.4 is 5.32 Å². The van der Waals surface area contributed by atoms with Gasteiger partial charge in [-0.05, 0) is 54.4 Å². The van der Waals surface area contributed by atoms with Gasteiger partial charge in [-0.25, -0.2) is 4.79 Å². The molecular weight excluding hydrogens is 552 g/mol. The van der Waals surface area contributed by atoms with Gasteiger partial charge in [0.15, 0.2) is 15.6 Å². The molecule has 4 rings (SSSR count). The third-order valence-electron chi connectivity index (χ3n) is 4.92. The Labute approximate surface area is 219 Å². The van der Waals surface area contributed by atoms with Crippen molar-refractivity contribution >= 4 is 55.9 Å². The van der Waals surface area contributed by atoms with Crippen LogP contribution in [0.3, 0.4) is 0 Å². The van der Waals surface area contributed by atoms with Gasteiger partial charge in [0, 0.05) is 17.0 Å². The maximum atomic E-state index is 12.9. The zero-order chi connectivity index (χ0) is 24.9. The molecule has 0 aliphatic carbocycles. The van der Waals surface area contributed by atoms with Crippen LogP contribution in [0, 0.1) is 0 Å². The molecule has 0 radical (unpaired) electrons. The number of thiophene rings is 1. The summed E-state index contributed by atoms with van der Waals surface area (Å²) in [5, 5.41) is 14.3. The fraction of sp³-hybridized carbons (Fsp3) is 0.250. The minimum Gasteiger partial charge on any atom is -0.462 e. The molecule has 182 valence electrons. The van der Waals surface area contributed by atoms with Crippen LogP contribution in [-0.4, -0.2) is 39.0 Å². The zero-order valence-corrected chi connectivity index (χ0v) is 22.5. The van der Waals surface area contributed by atoms with Gasteiger partial charge >= 0.3 is 5.97 Å². The predicted molar refractivity (Wildman–Crippen MR) is 141 cm³/mol. The maximum absolute atomic E-state index is 12.9. The summed E-state index contributed by atoms with van der Waals surface area (Å²) in [4.78, 5) is 25.6. The van der Waals surface area contributed by atoms with Gasteiger partial charge in [0.1, 0.15) is 10.6 Å². The van der Waals surface area contributed by atoms with Gasteiger partial charge in [-0.3, -0.25) is 9.36 Å². The van der Waals surface area contributed by atoms with Crippen LogP contribution in [-0.2, 0) is 9.53 Å². The number of aromatic nitrogens is 3. The first kappa shape index (κ1) is 25.2. The van der Waals surface area contributed by atoms with Crippen molar-refractivity contribution in [3.05, 3.63) is 58.1 Å². The minimum atomic E-state index is -0.468. The number of carbonyl (C=O) groups excluding carboxylic acids is 2. The van der Waals surface area contributed by atoms with E-state index >= 15 is 0 Å². The molecule has 35 heavy (non-hydrogen) atoms. The first-order valence-corrected chi connectivity index (χ1v) is 13.5. The van der Waals surface area contributed by atoms with E-state index in [1.807, 2.05) is 60.2 Å². The molecule has 3 aromatic heterocycles. The van der Waals surface area contributed by atoms with Gasteiger partial charge in [-0.2, -0.15) is 0 Å². The molecule has 3 heterocycles. The Hall–Kier alpha value is -2.89. The van der Waals surface area contributed by atoms with E-state index in [1.165, 1.54) is 23.1 Å². The lowest BCUT2D eigenvalue weighted by atomic mass is 10.0. The highest BCUT2D eigenvalue weighted by Gasteiger charge is 2.24. The number of rotatable bonds is 9. The van der Waals surface area contributed by atoms with E-state index in [0.29, 0.717) is 32.0 Å². The largest absolute Gasteiger partial charge is 0.462 e. The van der Waals surface area contributed by atoms with Crippen LogP contribution in [0.15, 0.2) is 62.1 Å². The number of hydrogen-bond donors (Lipinski definition) is 1. The van der Waals surface area contributed by atoms with Crippen molar-refractivity contribution in [1.82, 2.24) is 14.8 Å². The molecule has 0 saturated heterocycles. The van der Waals surface area contributed by atoms with Crippen molar-refractivity contribution in [3.8, 4) is 22.7 Å². The Bertz CT molecular complexity index is 1330. The van der Waals surface area contributed by atoms with E-state index in [0.717, 1.165) is 11.1 Å². The van der Waals surface area contributed by atoms with Gasteiger partial charge in [-0.15, -0.1) is 21.5 Å². The van der Waals surface area contributed by atoms with Gasteiger partial charge in [0.05, 0.1) is 12.4 Å². The molecule has 0 spiro atoms. The highest BCUT2D eigenvalue weighted by Crippen LogP contribution is 2.36. The molecule has 0 atom stereocenters. The number of anilines is 1. The summed E-state index contributed by atoms with van der Waals surface area (Å²) in [5.74, 6) is 0.532. The molecule has 1 aromatic carbocycles. The second-order valence-electron chi connectivity index (χ2n) is 7.65. The van der Waals surface area contributed by atoms with Crippen molar-refractivity contribution in [1.29, 1.82) is 0 Å². The predicted octanol–water partition coefficient (Wildman–Crippen LogP) is 6.52. The summed E-state index contributed by atoms with van der Waals surface area (Å²) in [6, 6.07) is 13.2. The fourth-order valence-corrected chi connectivity index (χ4v) is 5.57. The number of hydrogen-bond acceptors (Lipinski definition) is 8. The summed E-state index contributed by atoms with van der Waals surface area (Å²) >= 11 is 5.87. The third-order valence-corrected chi connectivity index (χ3v) is 7.18. The van der Waals surface area contributed by atoms with Crippen LogP contribution in [0.25, 0.3) is 22.7 Å². The number of nitrogens with zero attached hydrogens (tertiary/aromatic N) is 3. The minimum absolute atomic E-state index is 0.0515. The van der Waals surface area contributed by atoms with E-state index in [2.05, 4.69) is 31.4 Å². The van der Waals surface area contributed by atoms with Crippen LogP contribution in [0.1, 0.15) is 37.2 Å². The van der Waals surface area contributed by atoms with Gasteiger partial charge in [0.2, 0.25) is 11.7 Å². The molecule has 11 heteroatoms. The van der Waals surface area contributed by atoms with Crippen molar-refractivity contribution in [3.63, 3.8) is 0 Å². The standard InChI is InChI=1S/C24H23BrN4O4S2/c1-4-32-23(31)20-16(15-8-6-5-7-9-15)12-34-22(20)26-19(30)13-35-24-28-27-21(29(24)14(2)3)17-10-11-18(25)33-17/h5-12,14H,4,13H2,1-3H3,(H,26,30). The molecule has 1 amide bonds. The summed E-state index contributed by atoms with van der Waals surface area (Å²) in [7, 11) is 0. The molecular formula is C24H23BrN4O4S2. The SMILES string of the molecule is CCOC(=O)c1c(-c2ccccc2)csc1NC(=O)CSc1nnc(-c2ccc(Br)o2)n1C(C)C. The molecule has 0 fully saturated rings. The molecule has 0 aliphatic heterocycles. The van der Waals surface area contributed by atoms with Crippen molar-refractivity contribution in [2.45, 2.75) is 32.0 Å². The lowest BCUT2D eigenvalue weighted by Gasteiger charge is -2.12. The van der Waals surface area contributed by atoms with Crippen LogP contribution in [0.5, 0.6) is 0 Å². The number of furan rings is 1. The molecule has 8 nitrogen and oxygen atoms in total. The number of ether oxygens (including phenoxy) is 1. The van der Waals surface area contributed by atoms with E-state index in [-0.39, 0.29) is 24.3 Å². The number of carbonyl (C=O) groups is 2. The Morgan fingerprint density at radius 1 is 1.20 bits per heavy atom. The van der Waals surface area contributed by atoms with Gasteiger partial charge in [-0.1, -0.05) is 42.1 Å². The van der Waals surface area contributed by atoms with Crippen LogP contribution in [0.4, 0.5) is 5.00 Å². The first-order valence-electron chi connectivity index (χ1n) is 10.9. The van der Waals surface area contributed by atoms with Crippen LogP contribution in [0.2, 0.25) is 0 Å². The monoisotopic (exact) mass is 574 g/mol. The summed E-state index contributed by atoms with van der Waals surface area (Å²) in [6.45, 7) is 6.02. The quantitative estimate of drug-likeness (QED) is 0.179.